The zero-order valence-electron chi connectivity index (χ0n) is 11.5. The molecule has 0 aliphatic heterocycles. The van der Waals surface area contributed by atoms with Crippen molar-refractivity contribution >= 4 is 5.97 Å². The van der Waals surface area contributed by atoms with Crippen LogP contribution < -0.4 is 5.32 Å². The third-order valence-corrected chi connectivity index (χ3v) is 5.61. The predicted octanol–water partition coefficient (Wildman–Crippen LogP) is 2.89. The first-order valence-electron chi connectivity index (χ1n) is 7.74. The van der Waals surface area contributed by atoms with E-state index in [2.05, 4.69) is 5.32 Å². The van der Waals surface area contributed by atoms with E-state index in [0.29, 0.717) is 12.6 Å². The Hall–Kier alpha value is -1.29. The number of hydrogen-bond donors (Lipinski definition) is 2. The van der Waals surface area contributed by atoms with Crippen LogP contribution in [0.2, 0.25) is 0 Å². The summed E-state index contributed by atoms with van der Waals surface area (Å²) in [7, 11) is 0. The van der Waals surface area contributed by atoms with Crippen LogP contribution in [0, 0.1) is 23.7 Å². The van der Waals surface area contributed by atoms with Crippen LogP contribution in [-0.2, 0) is 6.54 Å². The van der Waals surface area contributed by atoms with Crippen LogP contribution >= 0.6 is 0 Å². The summed E-state index contributed by atoms with van der Waals surface area (Å²) in [5.74, 6) is 3.41. The molecule has 0 radical (unpaired) electrons. The minimum atomic E-state index is -0.995. The number of aromatic carboxylic acids is 1. The second-order valence-corrected chi connectivity index (χ2v) is 6.91. The van der Waals surface area contributed by atoms with Gasteiger partial charge in [0.2, 0.25) is 5.76 Å². The molecule has 4 saturated carbocycles. The molecule has 1 aromatic heterocycles. The second-order valence-electron chi connectivity index (χ2n) is 6.91. The molecule has 0 unspecified atom stereocenters. The van der Waals surface area contributed by atoms with Crippen molar-refractivity contribution in [3.63, 3.8) is 0 Å². The van der Waals surface area contributed by atoms with E-state index >= 15 is 0 Å². The molecule has 1 aromatic rings. The van der Waals surface area contributed by atoms with E-state index in [1.165, 1.54) is 38.2 Å². The molecule has 1 heterocycles. The summed E-state index contributed by atoms with van der Waals surface area (Å²) >= 11 is 0. The van der Waals surface area contributed by atoms with E-state index in [-0.39, 0.29) is 5.76 Å². The summed E-state index contributed by atoms with van der Waals surface area (Å²) < 4.78 is 5.33. The average Bonchev–Trinajstić information content (AvgIpc) is 2.86. The van der Waals surface area contributed by atoms with Crippen molar-refractivity contribution in [1.29, 1.82) is 0 Å². The molecule has 2 N–H and O–H groups in total. The molecule has 4 bridgehead atoms. The van der Waals surface area contributed by atoms with E-state index in [0.717, 1.165) is 29.4 Å². The van der Waals surface area contributed by atoms with Gasteiger partial charge in [-0.15, -0.1) is 0 Å². The van der Waals surface area contributed by atoms with Gasteiger partial charge in [-0.25, -0.2) is 4.79 Å². The molecule has 4 nitrogen and oxygen atoms in total. The Morgan fingerprint density at radius 2 is 1.80 bits per heavy atom. The third kappa shape index (κ3) is 2.06. The zero-order chi connectivity index (χ0) is 13.7. The standard InChI is InChI=1S/C16H21NO3/c18-16(19)14-2-1-13(20-14)8-17-15-11-4-9-3-10(6-11)7-12(15)5-9/h1-2,9-12,15,17H,3-8H2,(H,18,19). The number of carboxylic acid groups (broad SMARTS) is 1. The summed E-state index contributed by atoms with van der Waals surface area (Å²) in [6, 6.07) is 3.92. The number of carbonyl (C=O) groups is 1. The minimum absolute atomic E-state index is 0.0342. The monoisotopic (exact) mass is 275 g/mol. The van der Waals surface area contributed by atoms with Gasteiger partial charge in [-0.05, 0) is 67.9 Å². The van der Waals surface area contributed by atoms with Gasteiger partial charge in [-0.2, -0.15) is 0 Å². The minimum Gasteiger partial charge on any atom is -0.475 e. The molecule has 4 heteroatoms. The Kier molecular flexibility index (Phi) is 2.88. The summed E-state index contributed by atoms with van der Waals surface area (Å²) in [6.45, 7) is 0.653. The molecule has 5 rings (SSSR count). The fraction of sp³-hybridized carbons (Fsp3) is 0.688. The van der Waals surface area contributed by atoms with Gasteiger partial charge in [0.1, 0.15) is 5.76 Å². The lowest BCUT2D eigenvalue weighted by Gasteiger charge is -2.54. The molecule has 4 aliphatic rings. The largest absolute Gasteiger partial charge is 0.475 e. The highest BCUT2D eigenvalue weighted by Gasteiger charge is 2.47. The van der Waals surface area contributed by atoms with Gasteiger partial charge in [0, 0.05) is 6.04 Å². The van der Waals surface area contributed by atoms with Gasteiger partial charge in [0.15, 0.2) is 0 Å². The number of carboxylic acids is 1. The maximum atomic E-state index is 10.8. The van der Waals surface area contributed by atoms with Crippen LogP contribution in [0.4, 0.5) is 0 Å². The van der Waals surface area contributed by atoms with E-state index in [9.17, 15) is 4.79 Å². The van der Waals surface area contributed by atoms with Crippen LogP contribution in [0.3, 0.4) is 0 Å². The summed E-state index contributed by atoms with van der Waals surface area (Å²) in [4.78, 5) is 10.8. The first kappa shape index (κ1) is 12.5. The average molecular weight is 275 g/mol. The first-order valence-corrected chi connectivity index (χ1v) is 7.74. The summed E-state index contributed by atoms with van der Waals surface area (Å²) in [5, 5.41) is 12.5. The molecule has 0 saturated heterocycles. The molecular formula is C16H21NO3. The van der Waals surface area contributed by atoms with Crippen molar-refractivity contribution < 1.29 is 14.3 Å². The predicted molar refractivity (Wildman–Crippen MR) is 73.3 cm³/mol. The quantitative estimate of drug-likeness (QED) is 0.887. The lowest BCUT2D eigenvalue weighted by molar-refractivity contribution is -0.0148. The molecule has 4 aliphatic carbocycles. The topological polar surface area (TPSA) is 62.5 Å². The molecule has 0 aromatic carbocycles. The van der Waals surface area contributed by atoms with Gasteiger partial charge in [0.05, 0.1) is 6.54 Å². The number of hydrogen-bond acceptors (Lipinski definition) is 3. The smallest absolute Gasteiger partial charge is 0.371 e. The Bertz CT molecular complexity index is 494. The Morgan fingerprint density at radius 3 is 2.35 bits per heavy atom. The van der Waals surface area contributed by atoms with E-state index < -0.39 is 5.97 Å². The van der Waals surface area contributed by atoms with Crippen LogP contribution in [-0.4, -0.2) is 17.1 Å². The third-order valence-electron chi connectivity index (χ3n) is 5.61. The molecule has 0 atom stereocenters. The fourth-order valence-electron chi connectivity index (χ4n) is 5.06. The number of rotatable bonds is 4. The van der Waals surface area contributed by atoms with Crippen LogP contribution in [0.1, 0.15) is 48.4 Å². The zero-order valence-corrected chi connectivity index (χ0v) is 11.5. The second kappa shape index (κ2) is 4.62. The van der Waals surface area contributed by atoms with Crippen LogP contribution in [0.25, 0.3) is 0 Å². The summed E-state index contributed by atoms with van der Waals surface area (Å²) in [5.41, 5.74) is 0. The van der Waals surface area contributed by atoms with Crippen LogP contribution in [0.5, 0.6) is 0 Å². The lowest BCUT2D eigenvalue weighted by Crippen LogP contribution is -2.54. The fourth-order valence-corrected chi connectivity index (χ4v) is 5.06. The van der Waals surface area contributed by atoms with Gasteiger partial charge in [0.25, 0.3) is 0 Å². The van der Waals surface area contributed by atoms with E-state index in [4.69, 9.17) is 9.52 Å². The Morgan fingerprint density at radius 1 is 1.15 bits per heavy atom. The summed E-state index contributed by atoms with van der Waals surface area (Å²) in [6.07, 6.45) is 7.04. The molecule has 0 spiro atoms. The highest BCUT2D eigenvalue weighted by molar-refractivity contribution is 5.84. The number of furan rings is 1. The molecule has 4 fully saturated rings. The molecule has 20 heavy (non-hydrogen) atoms. The SMILES string of the molecule is O=C(O)c1ccc(CNC2C3CC4CC(C3)CC2C4)o1. The van der Waals surface area contributed by atoms with Crippen molar-refractivity contribution in [3.8, 4) is 0 Å². The maximum Gasteiger partial charge on any atom is 0.371 e. The van der Waals surface area contributed by atoms with Crippen molar-refractivity contribution in [2.24, 2.45) is 23.7 Å². The molecular weight excluding hydrogens is 254 g/mol. The highest BCUT2D eigenvalue weighted by Crippen LogP contribution is 2.53. The van der Waals surface area contributed by atoms with Gasteiger partial charge < -0.3 is 14.8 Å². The van der Waals surface area contributed by atoms with E-state index in [1.54, 1.807) is 6.07 Å². The van der Waals surface area contributed by atoms with Crippen molar-refractivity contribution in [2.45, 2.75) is 44.7 Å². The van der Waals surface area contributed by atoms with Gasteiger partial charge >= 0.3 is 5.97 Å². The van der Waals surface area contributed by atoms with Crippen LogP contribution in [0.15, 0.2) is 16.5 Å². The molecule has 0 amide bonds. The maximum absolute atomic E-state index is 10.8. The Balaban J connectivity index is 1.40. The van der Waals surface area contributed by atoms with Gasteiger partial charge in [-0.3, -0.25) is 0 Å². The van der Waals surface area contributed by atoms with Crippen molar-refractivity contribution in [3.05, 3.63) is 23.7 Å². The Labute approximate surface area is 118 Å². The number of nitrogens with one attached hydrogen (secondary N) is 1. The van der Waals surface area contributed by atoms with Crippen molar-refractivity contribution in [2.75, 3.05) is 0 Å². The van der Waals surface area contributed by atoms with Gasteiger partial charge in [-0.1, -0.05) is 0 Å². The first-order chi connectivity index (χ1) is 9.69. The highest BCUT2D eigenvalue weighted by atomic mass is 16.4. The lowest BCUT2D eigenvalue weighted by atomic mass is 9.54. The normalized spacial score (nSPS) is 38.3. The van der Waals surface area contributed by atoms with Crippen molar-refractivity contribution in [1.82, 2.24) is 5.32 Å². The molecule has 108 valence electrons. The van der Waals surface area contributed by atoms with E-state index in [1.807, 2.05) is 0 Å².